The SMILES string of the molecule is C=CC(C)=C1CN(C)CO[C]1=[V]. The van der Waals surface area contributed by atoms with Crippen molar-refractivity contribution in [3.63, 3.8) is 0 Å². The topological polar surface area (TPSA) is 12.5 Å². The van der Waals surface area contributed by atoms with Crippen molar-refractivity contribution in [2.75, 3.05) is 20.3 Å². The predicted octanol–water partition coefficient (Wildman–Crippen LogP) is 1.09. The molecule has 0 amide bonds. The number of likely N-dealkylation sites (N-methyl/N-ethyl adjacent to an activating group) is 1. The van der Waals surface area contributed by atoms with Crippen LogP contribution in [0.1, 0.15) is 6.92 Å². The Labute approximate surface area is 82.4 Å². The van der Waals surface area contributed by atoms with Crippen molar-refractivity contribution in [3.05, 3.63) is 23.8 Å². The summed E-state index contributed by atoms with van der Waals surface area (Å²) in [6.45, 7) is 7.42. The summed E-state index contributed by atoms with van der Waals surface area (Å²) in [7, 11) is 2.04. The van der Waals surface area contributed by atoms with E-state index in [1.54, 1.807) is 0 Å². The molecule has 0 radical (unpaired) electrons. The van der Waals surface area contributed by atoms with E-state index in [0.717, 1.165) is 11.0 Å². The van der Waals surface area contributed by atoms with Crippen LogP contribution in [0.3, 0.4) is 0 Å². The number of rotatable bonds is 1. The summed E-state index contributed by atoms with van der Waals surface area (Å²) in [5.74, 6) is 0. The van der Waals surface area contributed by atoms with Gasteiger partial charge in [-0.15, -0.1) is 0 Å². The molecule has 1 saturated heterocycles. The van der Waals surface area contributed by atoms with Crippen molar-refractivity contribution in [2.24, 2.45) is 0 Å². The molecule has 1 heterocycles. The molecule has 0 atom stereocenters. The Kier molecular flexibility index (Phi) is 3.47. The predicted molar refractivity (Wildman–Crippen MR) is 46.5 cm³/mol. The zero-order chi connectivity index (χ0) is 9.14. The zero-order valence-corrected chi connectivity index (χ0v) is 8.90. The van der Waals surface area contributed by atoms with Crippen LogP contribution in [0.4, 0.5) is 0 Å². The van der Waals surface area contributed by atoms with E-state index in [-0.39, 0.29) is 0 Å². The van der Waals surface area contributed by atoms with Gasteiger partial charge in [-0.3, -0.25) is 0 Å². The molecule has 1 aliphatic heterocycles. The van der Waals surface area contributed by atoms with Crippen molar-refractivity contribution < 1.29 is 21.7 Å². The molecule has 1 aliphatic rings. The first kappa shape index (κ1) is 9.94. The Balaban J connectivity index is 2.87. The number of hydrogen-bond donors (Lipinski definition) is 0. The van der Waals surface area contributed by atoms with Gasteiger partial charge >= 0.3 is 82.1 Å². The fraction of sp³-hybridized carbons (Fsp3) is 0.444. The monoisotopic (exact) mass is 202 g/mol. The molecule has 0 aromatic rings. The van der Waals surface area contributed by atoms with E-state index < -0.39 is 0 Å². The second-order valence-corrected chi connectivity index (χ2v) is 3.59. The summed E-state index contributed by atoms with van der Waals surface area (Å²) in [6, 6.07) is 0. The molecule has 0 bridgehead atoms. The van der Waals surface area contributed by atoms with Gasteiger partial charge in [-0.05, 0) is 0 Å². The van der Waals surface area contributed by atoms with Crippen molar-refractivity contribution in [2.45, 2.75) is 6.92 Å². The van der Waals surface area contributed by atoms with Crippen LogP contribution in [0.5, 0.6) is 0 Å². The van der Waals surface area contributed by atoms with Gasteiger partial charge in [-0.1, -0.05) is 0 Å². The summed E-state index contributed by atoms with van der Waals surface area (Å²) in [4.78, 5) is 2.12. The van der Waals surface area contributed by atoms with Crippen molar-refractivity contribution in [1.29, 1.82) is 0 Å². The third kappa shape index (κ3) is 2.17. The Morgan fingerprint density at radius 3 is 3.00 bits per heavy atom. The van der Waals surface area contributed by atoms with Gasteiger partial charge < -0.3 is 0 Å². The van der Waals surface area contributed by atoms with Crippen LogP contribution >= 0.6 is 0 Å². The molecule has 12 heavy (non-hydrogen) atoms. The second-order valence-electron chi connectivity index (χ2n) is 2.96. The quantitative estimate of drug-likeness (QED) is 0.631. The molecule has 0 aliphatic carbocycles. The van der Waals surface area contributed by atoms with Gasteiger partial charge in [-0.25, -0.2) is 0 Å². The Hall–Kier alpha value is -0.146. The number of ether oxygens (including phenoxy) is 1. The molecule has 0 unspecified atom stereocenters. The molecular formula is C9H13NOV. The van der Waals surface area contributed by atoms with Crippen molar-refractivity contribution in [3.8, 4) is 0 Å². The maximum absolute atomic E-state index is 5.43. The van der Waals surface area contributed by atoms with Gasteiger partial charge in [-0.2, -0.15) is 0 Å². The van der Waals surface area contributed by atoms with Crippen LogP contribution in [0.2, 0.25) is 0 Å². The van der Waals surface area contributed by atoms with Gasteiger partial charge in [0.25, 0.3) is 0 Å². The molecule has 0 aromatic carbocycles. The van der Waals surface area contributed by atoms with Crippen LogP contribution in [0, 0.1) is 0 Å². The van der Waals surface area contributed by atoms with Crippen LogP contribution in [0.25, 0.3) is 0 Å². The van der Waals surface area contributed by atoms with Gasteiger partial charge in [0.1, 0.15) is 0 Å². The van der Waals surface area contributed by atoms with Crippen LogP contribution in [-0.4, -0.2) is 29.6 Å². The van der Waals surface area contributed by atoms with E-state index in [4.69, 9.17) is 4.74 Å². The molecule has 0 spiro atoms. The number of nitrogens with zero attached hydrogens (tertiary/aromatic N) is 1. The van der Waals surface area contributed by atoms with Gasteiger partial charge in [0.05, 0.1) is 0 Å². The molecule has 1 rings (SSSR count). The van der Waals surface area contributed by atoms with E-state index in [1.807, 2.05) is 13.1 Å². The Morgan fingerprint density at radius 2 is 2.42 bits per heavy atom. The first-order valence-corrected chi connectivity index (χ1v) is 4.54. The number of allylic oxidation sites excluding steroid dienone is 2. The summed E-state index contributed by atoms with van der Waals surface area (Å²) < 4.78 is 6.41. The van der Waals surface area contributed by atoms with Gasteiger partial charge in [0.15, 0.2) is 0 Å². The molecule has 1 fully saturated rings. The van der Waals surface area contributed by atoms with E-state index in [0.29, 0.717) is 6.73 Å². The van der Waals surface area contributed by atoms with E-state index in [2.05, 4.69) is 35.4 Å². The Bertz CT molecular complexity index is 245. The molecule has 0 aromatic heterocycles. The fourth-order valence-corrected chi connectivity index (χ4v) is 1.53. The van der Waals surface area contributed by atoms with Crippen LogP contribution < -0.4 is 0 Å². The fourth-order valence-electron chi connectivity index (χ4n) is 1.06. The van der Waals surface area contributed by atoms with Crippen LogP contribution in [-0.2, 0) is 21.7 Å². The minimum absolute atomic E-state index is 0.679. The molecule has 0 saturated carbocycles. The molecule has 65 valence electrons. The van der Waals surface area contributed by atoms with Gasteiger partial charge in [0.2, 0.25) is 0 Å². The molecule has 0 N–H and O–H groups in total. The molecule has 3 heteroatoms. The maximum atomic E-state index is 5.43. The Morgan fingerprint density at radius 1 is 1.75 bits per heavy atom. The van der Waals surface area contributed by atoms with E-state index in [1.165, 1.54) is 11.1 Å². The first-order chi connectivity index (χ1) is 5.65. The average molecular weight is 202 g/mol. The number of hydrogen-bond acceptors (Lipinski definition) is 2. The molecular weight excluding hydrogens is 189 g/mol. The summed E-state index contributed by atoms with van der Waals surface area (Å²) >= 11 is 2.47. The normalized spacial score (nSPS) is 23.9. The van der Waals surface area contributed by atoms with Gasteiger partial charge in [0, 0.05) is 0 Å². The van der Waals surface area contributed by atoms with E-state index in [9.17, 15) is 0 Å². The van der Waals surface area contributed by atoms with E-state index >= 15 is 0 Å². The molecule has 2 nitrogen and oxygen atoms in total. The summed E-state index contributed by atoms with van der Waals surface area (Å²) in [5, 5.41) is 0. The standard InChI is InChI=1S/C9H13NO.V/c1-4-8(2)9-5-10(3)7-11-6-9;/h4H,1,5,7H2,2-3H3;. The summed E-state index contributed by atoms with van der Waals surface area (Å²) in [6.07, 6.45) is 1.87. The summed E-state index contributed by atoms with van der Waals surface area (Å²) in [5.41, 5.74) is 2.43. The minimum atomic E-state index is 0.679. The zero-order valence-electron chi connectivity index (χ0n) is 7.50. The third-order valence-corrected chi connectivity index (χ3v) is 2.51. The van der Waals surface area contributed by atoms with Crippen molar-refractivity contribution >= 4 is 4.41 Å². The average Bonchev–Trinajstić information content (AvgIpc) is 2.08. The second kappa shape index (κ2) is 4.19. The van der Waals surface area contributed by atoms with Crippen LogP contribution in [0.15, 0.2) is 23.8 Å². The van der Waals surface area contributed by atoms with Crippen molar-refractivity contribution in [1.82, 2.24) is 4.90 Å². The third-order valence-electron chi connectivity index (χ3n) is 1.89. The first-order valence-electron chi connectivity index (χ1n) is 3.85.